The predicted molar refractivity (Wildman–Crippen MR) is 69.2 cm³/mol. The van der Waals surface area contributed by atoms with Crippen LogP contribution in [0.1, 0.15) is 12.6 Å². The standard InChI is InChI=1S/C10H11IN4O/c1-3-15-5-7(4-12-15)9-13-6(2)8(11)10(16)14-9/h4-5H,3H2,1-2H3,(H,13,14,16). The van der Waals surface area contributed by atoms with Gasteiger partial charge in [-0.3, -0.25) is 9.48 Å². The zero-order valence-corrected chi connectivity index (χ0v) is 11.1. The van der Waals surface area contributed by atoms with Crippen molar-refractivity contribution >= 4 is 22.6 Å². The SMILES string of the molecule is CCn1cc(-c2nc(C)c(I)c(=O)[nH]2)cn1. The smallest absolute Gasteiger partial charge is 0.264 e. The fraction of sp³-hybridized carbons (Fsp3) is 0.300. The third-order valence-corrected chi connectivity index (χ3v) is 3.53. The van der Waals surface area contributed by atoms with E-state index in [0.717, 1.165) is 17.8 Å². The summed E-state index contributed by atoms with van der Waals surface area (Å²) in [6, 6.07) is 0. The molecule has 0 spiro atoms. The number of hydrogen-bond donors (Lipinski definition) is 1. The van der Waals surface area contributed by atoms with Gasteiger partial charge in [-0.1, -0.05) is 0 Å². The molecule has 5 nitrogen and oxygen atoms in total. The lowest BCUT2D eigenvalue weighted by Gasteiger charge is -2.00. The molecule has 0 aliphatic rings. The Morgan fingerprint density at radius 3 is 2.88 bits per heavy atom. The molecule has 0 amide bonds. The number of hydrogen-bond acceptors (Lipinski definition) is 3. The van der Waals surface area contributed by atoms with Crippen LogP contribution in [0.25, 0.3) is 11.4 Å². The summed E-state index contributed by atoms with van der Waals surface area (Å²) in [6.07, 6.45) is 3.57. The number of aromatic nitrogens is 4. The van der Waals surface area contributed by atoms with Crippen LogP contribution in [0.5, 0.6) is 0 Å². The normalized spacial score (nSPS) is 10.7. The third kappa shape index (κ3) is 2.01. The molecule has 2 aromatic heterocycles. The van der Waals surface area contributed by atoms with E-state index in [1.165, 1.54) is 0 Å². The van der Waals surface area contributed by atoms with Crippen molar-refractivity contribution in [1.29, 1.82) is 0 Å². The van der Waals surface area contributed by atoms with Gasteiger partial charge in [0, 0.05) is 12.7 Å². The van der Waals surface area contributed by atoms with Crippen molar-refractivity contribution in [1.82, 2.24) is 19.7 Å². The molecule has 0 atom stereocenters. The average molecular weight is 330 g/mol. The Morgan fingerprint density at radius 1 is 1.56 bits per heavy atom. The lowest BCUT2D eigenvalue weighted by Crippen LogP contribution is -2.14. The van der Waals surface area contributed by atoms with Crippen LogP contribution in [0.15, 0.2) is 17.2 Å². The molecule has 2 rings (SSSR count). The number of nitrogens with one attached hydrogen (secondary N) is 1. The summed E-state index contributed by atoms with van der Waals surface area (Å²) in [5, 5.41) is 4.15. The molecule has 0 aliphatic heterocycles. The van der Waals surface area contributed by atoms with E-state index < -0.39 is 0 Å². The van der Waals surface area contributed by atoms with Crippen molar-refractivity contribution in [2.75, 3.05) is 0 Å². The highest BCUT2D eigenvalue weighted by Gasteiger charge is 2.08. The van der Waals surface area contributed by atoms with Crippen molar-refractivity contribution in [3.63, 3.8) is 0 Å². The molecule has 2 heterocycles. The number of nitrogens with zero attached hydrogens (tertiary/aromatic N) is 3. The van der Waals surface area contributed by atoms with Gasteiger partial charge >= 0.3 is 0 Å². The van der Waals surface area contributed by atoms with E-state index in [0.29, 0.717) is 9.39 Å². The summed E-state index contributed by atoms with van der Waals surface area (Å²) in [6.45, 7) is 4.63. The first-order valence-corrected chi connectivity index (χ1v) is 5.99. The van der Waals surface area contributed by atoms with Crippen LogP contribution in [-0.2, 0) is 6.54 Å². The Morgan fingerprint density at radius 2 is 2.31 bits per heavy atom. The fourth-order valence-corrected chi connectivity index (χ4v) is 1.62. The van der Waals surface area contributed by atoms with E-state index in [1.54, 1.807) is 10.9 Å². The van der Waals surface area contributed by atoms with Crippen molar-refractivity contribution in [3.05, 3.63) is 32.0 Å². The minimum Gasteiger partial charge on any atom is -0.306 e. The number of rotatable bonds is 2. The van der Waals surface area contributed by atoms with Gasteiger partial charge in [0.2, 0.25) is 0 Å². The highest BCUT2D eigenvalue weighted by Crippen LogP contribution is 2.13. The Balaban J connectivity index is 2.52. The summed E-state index contributed by atoms with van der Waals surface area (Å²) in [5.74, 6) is 0.572. The molecule has 1 N–H and O–H groups in total. The topological polar surface area (TPSA) is 63.6 Å². The van der Waals surface area contributed by atoms with Crippen molar-refractivity contribution in [3.8, 4) is 11.4 Å². The number of H-pyrrole nitrogens is 1. The predicted octanol–water partition coefficient (Wildman–Crippen LogP) is 1.57. The summed E-state index contributed by atoms with van der Waals surface area (Å²) in [4.78, 5) is 18.7. The largest absolute Gasteiger partial charge is 0.306 e. The number of halogens is 1. The van der Waals surface area contributed by atoms with Gasteiger partial charge in [-0.2, -0.15) is 5.10 Å². The van der Waals surface area contributed by atoms with E-state index in [2.05, 4.69) is 15.1 Å². The van der Waals surface area contributed by atoms with Gasteiger partial charge in [0.05, 0.1) is 21.0 Å². The first-order valence-electron chi connectivity index (χ1n) is 4.91. The van der Waals surface area contributed by atoms with Crippen LogP contribution in [0.2, 0.25) is 0 Å². The quantitative estimate of drug-likeness (QED) is 0.850. The molecule has 16 heavy (non-hydrogen) atoms. The monoisotopic (exact) mass is 330 g/mol. The van der Waals surface area contributed by atoms with Crippen LogP contribution < -0.4 is 5.56 Å². The van der Waals surface area contributed by atoms with E-state index >= 15 is 0 Å². The Labute approximate surface area is 106 Å². The second-order valence-electron chi connectivity index (χ2n) is 3.40. The van der Waals surface area contributed by atoms with Gasteiger partial charge < -0.3 is 4.98 Å². The van der Waals surface area contributed by atoms with Gasteiger partial charge in [0.25, 0.3) is 5.56 Å². The summed E-state index contributed by atoms with van der Waals surface area (Å²) in [5.41, 5.74) is 1.47. The molecular weight excluding hydrogens is 319 g/mol. The minimum atomic E-state index is -0.104. The fourth-order valence-electron chi connectivity index (χ4n) is 1.37. The first-order chi connectivity index (χ1) is 7.61. The Hall–Kier alpha value is -1.18. The van der Waals surface area contributed by atoms with Crippen molar-refractivity contribution in [2.45, 2.75) is 20.4 Å². The maximum Gasteiger partial charge on any atom is 0.264 e. The maximum atomic E-state index is 11.6. The molecule has 84 valence electrons. The minimum absolute atomic E-state index is 0.104. The Kier molecular flexibility index (Phi) is 3.08. The lowest BCUT2D eigenvalue weighted by molar-refractivity contribution is 0.660. The molecule has 0 saturated heterocycles. The molecule has 0 saturated carbocycles. The lowest BCUT2D eigenvalue weighted by atomic mass is 10.3. The second-order valence-corrected chi connectivity index (χ2v) is 4.48. The van der Waals surface area contributed by atoms with Gasteiger partial charge in [-0.15, -0.1) is 0 Å². The third-order valence-electron chi connectivity index (χ3n) is 2.26. The van der Waals surface area contributed by atoms with Crippen molar-refractivity contribution < 1.29 is 0 Å². The zero-order valence-electron chi connectivity index (χ0n) is 8.99. The van der Waals surface area contributed by atoms with E-state index in [-0.39, 0.29) is 5.56 Å². The molecule has 0 aromatic carbocycles. The summed E-state index contributed by atoms with van der Waals surface area (Å²) >= 11 is 1.99. The molecule has 0 radical (unpaired) electrons. The van der Waals surface area contributed by atoms with Crippen molar-refractivity contribution in [2.24, 2.45) is 0 Å². The molecular formula is C10H11IN4O. The van der Waals surface area contributed by atoms with Gasteiger partial charge in [-0.05, 0) is 36.4 Å². The van der Waals surface area contributed by atoms with E-state index in [9.17, 15) is 4.79 Å². The summed E-state index contributed by atoms with van der Waals surface area (Å²) < 4.78 is 2.42. The number of aromatic amines is 1. The van der Waals surface area contributed by atoms with Crippen LogP contribution in [0, 0.1) is 10.5 Å². The van der Waals surface area contributed by atoms with Gasteiger partial charge in [0.15, 0.2) is 0 Å². The summed E-state index contributed by atoms with van der Waals surface area (Å²) in [7, 11) is 0. The molecule has 0 aliphatic carbocycles. The zero-order chi connectivity index (χ0) is 11.7. The molecule has 0 unspecified atom stereocenters. The average Bonchev–Trinajstić information content (AvgIpc) is 2.73. The van der Waals surface area contributed by atoms with E-state index in [4.69, 9.17) is 0 Å². The van der Waals surface area contributed by atoms with Crippen LogP contribution in [-0.4, -0.2) is 19.7 Å². The van der Waals surface area contributed by atoms with E-state index in [1.807, 2.05) is 42.6 Å². The van der Waals surface area contributed by atoms with Crippen LogP contribution in [0.3, 0.4) is 0 Å². The van der Waals surface area contributed by atoms with Gasteiger partial charge in [0.1, 0.15) is 5.82 Å². The molecule has 6 heteroatoms. The molecule has 0 bridgehead atoms. The van der Waals surface area contributed by atoms with Gasteiger partial charge in [-0.25, -0.2) is 4.98 Å². The Bertz CT molecular complexity index is 572. The van der Waals surface area contributed by atoms with Crippen LogP contribution >= 0.6 is 22.6 Å². The highest BCUT2D eigenvalue weighted by atomic mass is 127. The highest BCUT2D eigenvalue weighted by molar-refractivity contribution is 14.1. The number of aryl methyl sites for hydroxylation is 2. The molecule has 0 fully saturated rings. The van der Waals surface area contributed by atoms with Crippen LogP contribution in [0.4, 0.5) is 0 Å². The molecule has 2 aromatic rings. The second kappa shape index (κ2) is 4.36. The maximum absolute atomic E-state index is 11.6. The first kappa shape index (κ1) is 11.3.